The Kier molecular flexibility index (Phi) is 5.61. The van der Waals surface area contributed by atoms with Crippen LogP contribution in [0.1, 0.15) is 30.0 Å². The van der Waals surface area contributed by atoms with Crippen LogP contribution in [0.5, 0.6) is 5.75 Å². The Bertz CT molecular complexity index is 406. The first-order valence-corrected chi connectivity index (χ1v) is 5.72. The van der Waals surface area contributed by atoms with E-state index in [1.165, 1.54) is 0 Å². The molecule has 0 spiro atoms. The van der Waals surface area contributed by atoms with Crippen LogP contribution >= 0.6 is 0 Å². The first kappa shape index (κ1) is 14.5. The molecule has 0 aliphatic heterocycles. The molecule has 100 valence electrons. The van der Waals surface area contributed by atoms with Crippen LogP contribution in [0.15, 0.2) is 18.2 Å². The fourth-order valence-electron chi connectivity index (χ4n) is 1.89. The second-order valence-corrected chi connectivity index (χ2v) is 4.00. The number of ether oxygens (including phenoxy) is 2. The van der Waals surface area contributed by atoms with Crippen LogP contribution in [-0.2, 0) is 16.1 Å². The second kappa shape index (κ2) is 6.98. The summed E-state index contributed by atoms with van der Waals surface area (Å²) in [5, 5.41) is 8.70. The van der Waals surface area contributed by atoms with E-state index in [1.807, 2.05) is 18.2 Å². The predicted octanol–water partition coefficient (Wildman–Crippen LogP) is 1.71. The number of methoxy groups -OCH3 is 2. The summed E-state index contributed by atoms with van der Waals surface area (Å²) in [6.07, 6.45) is 0.401. The molecule has 0 radical (unpaired) electrons. The van der Waals surface area contributed by atoms with E-state index in [2.05, 4.69) is 0 Å². The maximum Gasteiger partial charge on any atom is 0.303 e. The number of aliphatic carboxylic acids is 1. The Labute approximate surface area is 107 Å². The second-order valence-electron chi connectivity index (χ2n) is 4.00. The van der Waals surface area contributed by atoms with E-state index in [-0.39, 0.29) is 12.5 Å². The van der Waals surface area contributed by atoms with Gasteiger partial charge in [0.2, 0.25) is 0 Å². The fraction of sp³-hybridized carbons (Fsp3) is 0.462. The number of carbonyl (C=O) groups is 1. The Morgan fingerprint density at radius 2 is 2.17 bits per heavy atom. The van der Waals surface area contributed by atoms with Crippen molar-refractivity contribution in [3.63, 3.8) is 0 Å². The lowest BCUT2D eigenvalue weighted by Gasteiger charge is -2.19. The van der Waals surface area contributed by atoms with Gasteiger partial charge in [0.25, 0.3) is 0 Å². The SMILES string of the molecule is COCc1cccc(OC)c1C(N)CCC(=O)O. The van der Waals surface area contributed by atoms with E-state index in [1.54, 1.807) is 14.2 Å². The maximum absolute atomic E-state index is 10.6. The topological polar surface area (TPSA) is 81.8 Å². The van der Waals surface area contributed by atoms with E-state index < -0.39 is 5.97 Å². The van der Waals surface area contributed by atoms with Gasteiger partial charge >= 0.3 is 5.97 Å². The van der Waals surface area contributed by atoms with Crippen molar-refractivity contribution in [2.45, 2.75) is 25.5 Å². The third-order valence-electron chi connectivity index (χ3n) is 2.72. The zero-order valence-electron chi connectivity index (χ0n) is 10.7. The van der Waals surface area contributed by atoms with Gasteiger partial charge < -0.3 is 20.3 Å². The lowest BCUT2D eigenvalue weighted by molar-refractivity contribution is -0.137. The first-order chi connectivity index (χ1) is 8.60. The number of benzene rings is 1. The summed E-state index contributed by atoms with van der Waals surface area (Å²) < 4.78 is 10.4. The van der Waals surface area contributed by atoms with Crippen LogP contribution in [-0.4, -0.2) is 25.3 Å². The van der Waals surface area contributed by atoms with Gasteiger partial charge in [0.15, 0.2) is 0 Å². The number of carboxylic acid groups (broad SMARTS) is 1. The summed E-state index contributed by atoms with van der Waals surface area (Å²) in [6, 6.07) is 5.21. The third-order valence-corrected chi connectivity index (χ3v) is 2.72. The van der Waals surface area contributed by atoms with Crippen molar-refractivity contribution in [3.05, 3.63) is 29.3 Å². The maximum atomic E-state index is 10.6. The zero-order valence-corrected chi connectivity index (χ0v) is 10.7. The Morgan fingerprint density at radius 1 is 1.44 bits per heavy atom. The van der Waals surface area contributed by atoms with Crippen LogP contribution in [0.4, 0.5) is 0 Å². The highest BCUT2D eigenvalue weighted by Gasteiger charge is 2.17. The molecule has 18 heavy (non-hydrogen) atoms. The zero-order chi connectivity index (χ0) is 13.5. The van der Waals surface area contributed by atoms with Gasteiger partial charge in [0.05, 0.1) is 13.7 Å². The van der Waals surface area contributed by atoms with E-state index in [4.69, 9.17) is 20.3 Å². The molecule has 5 heteroatoms. The normalized spacial score (nSPS) is 12.2. The molecule has 1 rings (SSSR count). The largest absolute Gasteiger partial charge is 0.496 e. The molecule has 0 saturated carbocycles. The van der Waals surface area contributed by atoms with Crippen molar-refractivity contribution in [3.8, 4) is 5.75 Å². The standard InChI is InChI=1S/C13H19NO4/c1-17-8-9-4-3-5-11(18-2)13(9)10(14)6-7-12(15)16/h3-5,10H,6-8,14H2,1-2H3,(H,15,16). The van der Waals surface area contributed by atoms with Gasteiger partial charge in [-0.3, -0.25) is 4.79 Å². The Balaban J connectivity index is 2.98. The third kappa shape index (κ3) is 3.72. The molecule has 0 aliphatic rings. The van der Waals surface area contributed by atoms with Crippen molar-refractivity contribution in [1.82, 2.24) is 0 Å². The van der Waals surface area contributed by atoms with Gasteiger partial charge in [-0.15, -0.1) is 0 Å². The minimum Gasteiger partial charge on any atom is -0.496 e. The minimum atomic E-state index is -0.853. The summed E-state index contributed by atoms with van der Waals surface area (Å²) in [7, 11) is 3.17. The lowest BCUT2D eigenvalue weighted by atomic mass is 9.96. The number of hydrogen-bond acceptors (Lipinski definition) is 4. The summed E-state index contributed by atoms with van der Waals surface area (Å²) in [5.41, 5.74) is 7.80. The van der Waals surface area contributed by atoms with Crippen molar-refractivity contribution in [2.75, 3.05) is 14.2 Å². The Hall–Kier alpha value is -1.59. The molecular weight excluding hydrogens is 234 g/mol. The van der Waals surface area contributed by atoms with Crippen molar-refractivity contribution in [1.29, 1.82) is 0 Å². The monoisotopic (exact) mass is 253 g/mol. The lowest BCUT2D eigenvalue weighted by Crippen LogP contribution is -2.16. The number of nitrogens with two attached hydrogens (primary N) is 1. The molecule has 0 heterocycles. The van der Waals surface area contributed by atoms with Crippen LogP contribution in [0.3, 0.4) is 0 Å². The summed E-state index contributed by atoms with van der Waals surface area (Å²) >= 11 is 0. The number of carboxylic acids is 1. The van der Waals surface area contributed by atoms with E-state index in [9.17, 15) is 4.79 Å². The number of hydrogen-bond donors (Lipinski definition) is 2. The molecule has 0 aliphatic carbocycles. The van der Waals surface area contributed by atoms with E-state index >= 15 is 0 Å². The molecule has 1 aromatic carbocycles. The molecule has 0 bridgehead atoms. The van der Waals surface area contributed by atoms with Crippen LogP contribution in [0.2, 0.25) is 0 Å². The van der Waals surface area contributed by atoms with Gasteiger partial charge in [-0.2, -0.15) is 0 Å². The molecule has 0 aromatic heterocycles. The highest BCUT2D eigenvalue weighted by molar-refractivity contribution is 5.66. The summed E-state index contributed by atoms with van der Waals surface area (Å²) in [5.74, 6) is -0.184. The smallest absolute Gasteiger partial charge is 0.303 e. The van der Waals surface area contributed by atoms with Crippen LogP contribution in [0, 0.1) is 0 Å². The molecule has 1 aromatic rings. The van der Waals surface area contributed by atoms with Crippen molar-refractivity contribution >= 4 is 5.97 Å². The molecular formula is C13H19NO4. The summed E-state index contributed by atoms with van der Waals surface area (Å²) in [6.45, 7) is 0.424. The van der Waals surface area contributed by atoms with Crippen molar-refractivity contribution < 1.29 is 19.4 Å². The number of rotatable bonds is 7. The highest BCUT2D eigenvalue weighted by atomic mass is 16.5. The van der Waals surface area contributed by atoms with E-state index in [0.717, 1.165) is 11.1 Å². The fourth-order valence-corrected chi connectivity index (χ4v) is 1.89. The molecule has 0 fully saturated rings. The Morgan fingerprint density at radius 3 is 2.72 bits per heavy atom. The molecule has 1 unspecified atom stereocenters. The first-order valence-electron chi connectivity index (χ1n) is 5.72. The van der Waals surface area contributed by atoms with Gasteiger partial charge in [-0.1, -0.05) is 12.1 Å². The summed E-state index contributed by atoms with van der Waals surface area (Å²) in [4.78, 5) is 10.6. The average molecular weight is 253 g/mol. The highest BCUT2D eigenvalue weighted by Crippen LogP contribution is 2.30. The van der Waals surface area contributed by atoms with E-state index in [0.29, 0.717) is 18.8 Å². The van der Waals surface area contributed by atoms with Crippen LogP contribution < -0.4 is 10.5 Å². The predicted molar refractivity (Wildman–Crippen MR) is 67.5 cm³/mol. The minimum absolute atomic E-state index is 0.0334. The van der Waals surface area contributed by atoms with Crippen LogP contribution in [0.25, 0.3) is 0 Å². The van der Waals surface area contributed by atoms with Gasteiger partial charge in [0, 0.05) is 25.1 Å². The molecule has 0 saturated heterocycles. The van der Waals surface area contributed by atoms with Gasteiger partial charge in [0.1, 0.15) is 5.75 Å². The van der Waals surface area contributed by atoms with Crippen molar-refractivity contribution in [2.24, 2.45) is 5.73 Å². The molecule has 0 amide bonds. The quantitative estimate of drug-likeness (QED) is 0.773. The molecule has 5 nitrogen and oxygen atoms in total. The van der Waals surface area contributed by atoms with Gasteiger partial charge in [-0.05, 0) is 18.1 Å². The van der Waals surface area contributed by atoms with Gasteiger partial charge in [-0.25, -0.2) is 0 Å². The molecule has 1 atom stereocenters. The molecule has 3 N–H and O–H groups in total. The average Bonchev–Trinajstić information content (AvgIpc) is 2.36.